The molecule has 2 heterocycles. The molecule has 2 rings (SSSR count). The number of pyridine rings is 1. The number of hydrogen-bond donors (Lipinski definition) is 1. The summed E-state index contributed by atoms with van der Waals surface area (Å²) in [6.45, 7) is 3.91. The van der Waals surface area contributed by atoms with E-state index in [4.69, 9.17) is 5.73 Å². The van der Waals surface area contributed by atoms with Crippen LogP contribution in [-0.2, 0) is 11.3 Å². The van der Waals surface area contributed by atoms with Gasteiger partial charge in [-0.2, -0.15) is 0 Å². The molecule has 0 spiro atoms. The molecule has 2 atom stereocenters. The van der Waals surface area contributed by atoms with Crippen LogP contribution in [0.15, 0.2) is 18.2 Å². The van der Waals surface area contributed by atoms with Crippen LogP contribution in [0.5, 0.6) is 0 Å². The van der Waals surface area contributed by atoms with Crippen molar-refractivity contribution < 1.29 is 9.53 Å². The van der Waals surface area contributed by atoms with Crippen LogP contribution >= 0.6 is 0 Å². The lowest BCUT2D eigenvalue weighted by Crippen LogP contribution is -2.45. The topological polar surface area (TPSA) is 68.5 Å². The van der Waals surface area contributed by atoms with Crippen molar-refractivity contribution in [1.82, 2.24) is 9.88 Å². The van der Waals surface area contributed by atoms with Crippen molar-refractivity contribution >= 4 is 5.97 Å². The molecule has 0 aliphatic carbocycles. The molecule has 19 heavy (non-hydrogen) atoms. The Morgan fingerprint density at radius 1 is 1.58 bits per heavy atom. The Morgan fingerprint density at radius 2 is 2.37 bits per heavy atom. The van der Waals surface area contributed by atoms with E-state index in [0.717, 1.165) is 31.6 Å². The molecule has 1 fully saturated rings. The number of piperidine rings is 1. The highest BCUT2D eigenvalue weighted by Crippen LogP contribution is 2.18. The van der Waals surface area contributed by atoms with Gasteiger partial charge in [0.05, 0.1) is 12.8 Å². The van der Waals surface area contributed by atoms with E-state index in [1.165, 1.54) is 7.11 Å². The summed E-state index contributed by atoms with van der Waals surface area (Å²) < 4.78 is 4.68. The molecule has 2 unspecified atom stereocenters. The smallest absolute Gasteiger partial charge is 0.356 e. The summed E-state index contributed by atoms with van der Waals surface area (Å²) in [5.41, 5.74) is 7.22. The van der Waals surface area contributed by atoms with Gasteiger partial charge in [0.1, 0.15) is 5.69 Å². The summed E-state index contributed by atoms with van der Waals surface area (Å²) in [5.74, 6) is -0.393. The molecule has 0 saturated carbocycles. The monoisotopic (exact) mass is 263 g/mol. The number of methoxy groups -OCH3 is 1. The second-order valence-electron chi connectivity index (χ2n) is 5.11. The van der Waals surface area contributed by atoms with Crippen molar-refractivity contribution in [2.75, 3.05) is 13.7 Å². The molecule has 1 aromatic heterocycles. The average molecular weight is 263 g/mol. The van der Waals surface area contributed by atoms with Gasteiger partial charge in [-0.15, -0.1) is 0 Å². The molecule has 1 aliphatic heterocycles. The minimum Gasteiger partial charge on any atom is -0.464 e. The second kappa shape index (κ2) is 6.12. The standard InChI is InChI=1S/C14H21N3O2/c1-10-8-11(15)6-7-17(10)9-12-4-3-5-13(16-12)14(18)19-2/h3-5,10-11H,6-9,15H2,1-2H3. The Kier molecular flexibility index (Phi) is 4.50. The fourth-order valence-electron chi connectivity index (χ4n) is 2.49. The van der Waals surface area contributed by atoms with Gasteiger partial charge < -0.3 is 10.5 Å². The van der Waals surface area contributed by atoms with Crippen molar-refractivity contribution in [2.45, 2.75) is 38.4 Å². The van der Waals surface area contributed by atoms with Crippen LogP contribution in [0.25, 0.3) is 0 Å². The van der Waals surface area contributed by atoms with Gasteiger partial charge in [-0.25, -0.2) is 9.78 Å². The maximum Gasteiger partial charge on any atom is 0.356 e. The molecule has 5 nitrogen and oxygen atoms in total. The number of carbonyl (C=O) groups is 1. The zero-order valence-corrected chi connectivity index (χ0v) is 11.5. The average Bonchev–Trinajstić information content (AvgIpc) is 2.41. The van der Waals surface area contributed by atoms with Crippen LogP contribution in [0.1, 0.15) is 35.9 Å². The Bertz CT molecular complexity index is 450. The third-order valence-corrected chi connectivity index (χ3v) is 3.62. The first-order valence-corrected chi connectivity index (χ1v) is 6.64. The number of rotatable bonds is 3. The quantitative estimate of drug-likeness (QED) is 0.829. The maximum atomic E-state index is 11.5. The van der Waals surface area contributed by atoms with Crippen molar-refractivity contribution in [1.29, 1.82) is 0 Å². The number of hydrogen-bond acceptors (Lipinski definition) is 5. The van der Waals surface area contributed by atoms with Crippen molar-refractivity contribution in [3.63, 3.8) is 0 Å². The first-order valence-electron chi connectivity index (χ1n) is 6.64. The molecular formula is C14H21N3O2. The van der Waals surface area contributed by atoms with Gasteiger partial charge in [0.15, 0.2) is 0 Å². The van der Waals surface area contributed by atoms with Crippen molar-refractivity contribution in [2.24, 2.45) is 5.73 Å². The summed E-state index contributed by atoms with van der Waals surface area (Å²) >= 11 is 0. The van der Waals surface area contributed by atoms with Crippen LogP contribution in [0, 0.1) is 0 Å². The van der Waals surface area contributed by atoms with E-state index >= 15 is 0 Å². The number of likely N-dealkylation sites (tertiary alicyclic amines) is 1. The summed E-state index contributed by atoms with van der Waals surface area (Å²) in [6.07, 6.45) is 2.03. The van der Waals surface area contributed by atoms with Crippen LogP contribution in [0.2, 0.25) is 0 Å². The third-order valence-electron chi connectivity index (χ3n) is 3.62. The summed E-state index contributed by atoms with van der Waals surface area (Å²) in [6, 6.07) is 6.21. The summed E-state index contributed by atoms with van der Waals surface area (Å²) in [4.78, 5) is 18.1. The van der Waals surface area contributed by atoms with E-state index in [9.17, 15) is 4.79 Å². The largest absolute Gasteiger partial charge is 0.464 e. The van der Waals surface area contributed by atoms with Crippen LogP contribution in [0.3, 0.4) is 0 Å². The molecule has 0 radical (unpaired) electrons. The Balaban J connectivity index is 2.04. The lowest BCUT2D eigenvalue weighted by molar-refractivity contribution is 0.0593. The van der Waals surface area contributed by atoms with Gasteiger partial charge in [-0.1, -0.05) is 6.07 Å². The van der Waals surface area contributed by atoms with Crippen LogP contribution in [-0.4, -0.2) is 41.6 Å². The predicted octanol–water partition coefficient (Wildman–Crippen LogP) is 1.18. The van der Waals surface area contributed by atoms with E-state index < -0.39 is 5.97 Å². The fourth-order valence-corrected chi connectivity index (χ4v) is 2.49. The minimum absolute atomic E-state index is 0.306. The number of carbonyl (C=O) groups excluding carboxylic acids is 1. The zero-order chi connectivity index (χ0) is 13.8. The third kappa shape index (κ3) is 3.52. The SMILES string of the molecule is COC(=O)c1cccc(CN2CCC(N)CC2C)n1. The molecule has 0 bridgehead atoms. The van der Waals surface area contributed by atoms with E-state index in [1.807, 2.05) is 12.1 Å². The molecule has 104 valence electrons. The van der Waals surface area contributed by atoms with Crippen LogP contribution in [0.4, 0.5) is 0 Å². The van der Waals surface area contributed by atoms with Gasteiger partial charge >= 0.3 is 5.97 Å². The van der Waals surface area contributed by atoms with Gasteiger partial charge in [-0.05, 0) is 31.9 Å². The molecule has 0 aromatic carbocycles. The highest BCUT2D eigenvalue weighted by atomic mass is 16.5. The predicted molar refractivity (Wildman–Crippen MR) is 72.7 cm³/mol. The summed E-state index contributed by atoms with van der Waals surface area (Å²) in [7, 11) is 1.37. The highest BCUT2D eigenvalue weighted by Gasteiger charge is 2.23. The van der Waals surface area contributed by atoms with Gasteiger partial charge in [0, 0.05) is 25.2 Å². The number of aromatic nitrogens is 1. The lowest BCUT2D eigenvalue weighted by atomic mass is 9.99. The number of ether oxygens (including phenoxy) is 1. The molecule has 1 saturated heterocycles. The van der Waals surface area contributed by atoms with Gasteiger partial charge in [0.25, 0.3) is 0 Å². The van der Waals surface area contributed by atoms with Crippen molar-refractivity contribution in [3.05, 3.63) is 29.6 Å². The van der Waals surface area contributed by atoms with E-state index in [-0.39, 0.29) is 0 Å². The van der Waals surface area contributed by atoms with Crippen molar-refractivity contribution in [3.8, 4) is 0 Å². The highest BCUT2D eigenvalue weighted by molar-refractivity contribution is 5.87. The maximum absolute atomic E-state index is 11.5. The first kappa shape index (κ1) is 14.0. The molecule has 0 amide bonds. The summed E-state index contributed by atoms with van der Waals surface area (Å²) in [5, 5.41) is 0. The molecule has 5 heteroatoms. The fraction of sp³-hybridized carbons (Fsp3) is 0.571. The number of esters is 1. The molecular weight excluding hydrogens is 242 g/mol. The number of nitrogens with zero attached hydrogens (tertiary/aromatic N) is 2. The molecule has 2 N–H and O–H groups in total. The Labute approximate surface area is 113 Å². The normalized spacial score (nSPS) is 24.2. The van der Waals surface area contributed by atoms with E-state index in [0.29, 0.717) is 17.8 Å². The van der Waals surface area contributed by atoms with Crippen LogP contribution < -0.4 is 5.73 Å². The number of nitrogens with two attached hydrogens (primary N) is 1. The van der Waals surface area contributed by atoms with Gasteiger partial charge in [0.2, 0.25) is 0 Å². The zero-order valence-electron chi connectivity index (χ0n) is 11.5. The Morgan fingerprint density at radius 3 is 3.05 bits per heavy atom. The first-order chi connectivity index (χ1) is 9.10. The molecule has 1 aromatic rings. The lowest BCUT2D eigenvalue weighted by Gasteiger charge is -2.36. The van der Waals surface area contributed by atoms with E-state index in [1.54, 1.807) is 6.07 Å². The second-order valence-corrected chi connectivity index (χ2v) is 5.11. The Hall–Kier alpha value is -1.46. The van der Waals surface area contributed by atoms with Gasteiger partial charge in [-0.3, -0.25) is 4.90 Å². The van der Waals surface area contributed by atoms with E-state index in [2.05, 4.69) is 21.5 Å². The minimum atomic E-state index is -0.393. The molecule has 1 aliphatic rings.